The van der Waals surface area contributed by atoms with E-state index in [9.17, 15) is 9.59 Å². The highest BCUT2D eigenvalue weighted by molar-refractivity contribution is 5.94. The highest BCUT2D eigenvalue weighted by Gasteiger charge is 2.18. The van der Waals surface area contributed by atoms with Crippen LogP contribution in [-0.4, -0.2) is 49.5 Å². The molecule has 0 saturated carbocycles. The Morgan fingerprint density at radius 1 is 1.15 bits per heavy atom. The molecule has 0 unspecified atom stereocenters. The van der Waals surface area contributed by atoms with Crippen LogP contribution in [0.5, 0.6) is 5.75 Å². The molecule has 1 aliphatic heterocycles. The standard InChI is InChI=1S/C19H29N3O3.ClH/c1-14-11-16(19(24)21-8-6-7-20)12-15(2)18(14)25-13-17(23)22-9-4-3-5-10-22;/h11-12H,3-10,13,20H2,1-2H3,(H,21,24);1H. The summed E-state index contributed by atoms with van der Waals surface area (Å²) in [6, 6.07) is 3.59. The molecule has 1 heterocycles. The van der Waals surface area contributed by atoms with Crippen molar-refractivity contribution < 1.29 is 14.3 Å². The Bertz CT molecular complexity index is 593. The summed E-state index contributed by atoms with van der Waals surface area (Å²) < 4.78 is 5.78. The summed E-state index contributed by atoms with van der Waals surface area (Å²) in [6.07, 6.45) is 4.08. The summed E-state index contributed by atoms with van der Waals surface area (Å²) in [6.45, 7) is 6.59. The second-order valence-corrected chi connectivity index (χ2v) is 6.57. The summed E-state index contributed by atoms with van der Waals surface area (Å²) in [5.74, 6) is 0.599. The van der Waals surface area contributed by atoms with Crippen molar-refractivity contribution in [3.05, 3.63) is 28.8 Å². The summed E-state index contributed by atoms with van der Waals surface area (Å²) in [5.41, 5.74) is 7.75. The number of carbonyl (C=O) groups is 2. The van der Waals surface area contributed by atoms with Gasteiger partial charge in [0.05, 0.1) is 0 Å². The molecule has 1 aromatic carbocycles. The fourth-order valence-electron chi connectivity index (χ4n) is 3.08. The zero-order valence-corrected chi connectivity index (χ0v) is 16.5. The van der Waals surface area contributed by atoms with E-state index in [4.69, 9.17) is 10.5 Å². The first-order valence-electron chi connectivity index (χ1n) is 9.03. The molecule has 7 heteroatoms. The van der Waals surface area contributed by atoms with Crippen LogP contribution in [0.15, 0.2) is 12.1 Å². The van der Waals surface area contributed by atoms with Gasteiger partial charge in [0.15, 0.2) is 6.61 Å². The summed E-state index contributed by atoms with van der Waals surface area (Å²) >= 11 is 0. The van der Waals surface area contributed by atoms with Gasteiger partial charge in [-0.3, -0.25) is 9.59 Å². The average Bonchev–Trinajstić information content (AvgIpc) is 2.61. The van der Waals surface area contributed by atoms with Crippen molar-refractivity contribution >= 4 is 24.2 Å². The van der Waals surface area contributed by atoms with Crippen LogP contribution in [0.4, 0.5) is 0 Å². The van der Waals surface area contributed by atoms with Gasteiger partial charge in [-0.05, 0) is 69.3 Å². The van der Waals surface area contributed by atoms with Crippen molar-refractivity contribution in [1.29, 1.82) is 0 Å². The van der Waals surface area contributed by atoms with Crippen molar-refractivity contribution in [2.75, 3.05) is 32.8 Å². The number of hydrogen-bond acceptors (Lipinski definition) is 4. The van der Waals surface area contributed by atoms with Crippen molar-refractivity contribution in [3.8, 4) is 5.75 Å². The molecule has 0 bridgehead atoms. The normalized spacial score (nSPS) is 13.7. The van der Waals surface area contributed by atoms with Gasteiger partial charge in [-0.25, -0.2) is 0 Å². The molecule has 0 atom stereocenters. The second-order valence-electron chi connectivity index (χ2n) is 6.57. The van der Waals surface area contributed by atoms with Gasteiger partial charge in [0.2, 0.25) is 0 Å². The van der Waals surface area contributed by atoms with E-state index in [1.54, 1.807) is 12.1 Å². The van der Waals surface area contributed by atoms with E-state index >= 15 is 0 Å². The molecule has 3 N–H and O–H groups in total. The zero-order valence-electron chi connectivity index (χ0n) is 15.7. The lowest BCUT2D eigenvalue weighted by Gasteiger charge is -2.26. The first-order valence-corrected chi connectivity index (χ1v) is 9.03. The van der Waals surface area contributed by atoms with Crippen LogP contribution in [0.25, 0.3) is 0 Å². The number of likely N-dealkylation sites (tertiary alicyclic amines) is 1. The van der Waals surface area contributed by atoms with Gasteiger partial charge < -0.3 is 20.7 Å². The number of ether oxygens (including phenoxy) is 1. The predicted molar refractivity (Wildman–Crippen MR) is 105 cm³/mol. The summed E-state index contributed by atoms with van der Waals surface area (Å²) in [5, 5.41) is 2.85. The molecule has 2 rings (SSSR count). The molecule has 146 valence electrons. The number of hydrogen-bond donors (Lipinski definition) is 2. The van der Waals surface area contributed by atoms with Gasteiger partial charge in [0.25, 0.3) is 11.8 Å². The lowest BCUT2D eigenvalue weighted by Crippen LogP contribution is -2.38. The number of benzene rings is 1. The van der Waals surface area contributed by atoms with Gasteiger partial charge in [-0.2, -0.15) is 0 Å². The predicted octanol–water partition coefficient (Wildman–Crippen LogP) is 2.20. The van der Waals surface area contributed by atoms with Gasteiger partial charge in [-0.1, -0.05) is 0 Å². The number of aryl methyl sites for hydroxylation is 2. The topological polar surface area (TPSA) is 84.7 Å². The maximum atomic E-state index is 12.2. The van der Waals surface area contributed by atoms with Crippen LogP contribution in [0.3, 0.4) is 0 Å². The third kappa shape index (κ3) is 6.18. The molecule has 1 fully saturated rings. The van der Waals surface area contributed by atoms with Crippen molar-refractivity contribution in [1.82, 2.24) is 10.2 Å². The molecule has 0 spiro atoms. The molecule has 26 heavy (non-hydrogen) atoms. The third-order valence-electron chi connectivity index (χ3n) is 4.44. The number of nitrogens with zero attached hydrogens (tertiary/aromatic N) is 1. The maximum absolute atomic E-state index is 12.2. The maximum Gasteiger partial charge on any atom is 0.260 e. The fraction of sp³-hybridized carbons (Fsp3) is 0.579. The molecule has 0 radical (unpaired) electrons. The number of rotatable bonds is 7. The number of carbonyl (C=O) groups excluding carboxylic acids is 2. The monoisotopic (exact) mass is 383 g/mol. The fourth-order valence-corrected chi connectivity index (χ4v) is 3.08. The van der Waals surface area contributed by atoms with E-state index in [2.05, 4.69) is 5.32 Å². The molecule has 0 aromatic heterocycles. The zero-order chi connectivity index (χ0) is 18.2. The molecular weight excluding hydrogens is 354 g/mol. The van der Waals surface area contributed by atoms with Crippen LogP contribution in [0.2, 0.25) is 0 Å². The lowest BCUT2D eigenvalue weighted by atomic mass is 10.0. The molecule has 1 aliphatic rings. The van der Waals surface area contributed by atoms with E-state index in [-0.39, 0.29) is 30.8 Å². The highest BCUT2D eigenvalue weighted by Crippen LogP contribution is 2.25. The van der Waals surface area contributed by atoms with Crippen molar-refractivity contribution in [3.63, 3.8) is 0 Å². The van der Waals surface area contributed by atoms with Crippen LogP contribution in [-0.2, 0) is 4.79 Å². The quantitative estimate of drug-likeness (QED) is 0.707. The largest absolute Gasteiger partial charge is 0.483 e. The van der Waals surface area contributed by atoms with Gasteiger partial charge in [0.1, 0.15) is 5.75 Å². The van der Waals surface area contributed by atoms with E-state index < -0.39 is 0 Å². The van der Waals surface area contributed by atoms with E-state index in [1.807, 2.05) is 18.7 Å². The van der Waals surface area contributed by atoms with E-state index in [0.29, 0.717) is 24.4 Å². The van der Waals surface area contributed by atoms with Crippen LogP contribution in [0.1, 0.15) is 47.2 Å². The van der Waals surface area contributed by atoms with Gasteiger partial charge in [-0.15, -0.1) is 12.4 Å². The highest BCUT2D eigenvalue weighted by atomic mass is 35.5. The Morgan fingerprint density at radius 3 is 2.35 bits per heavy atom. The number of halogens is 1. The number of nitrogens with one attached hydrogen (secondary N) is 1. The minimum atomic E-state index is -0.115. The second kappa shape index (κ2) is 11.0. The van der Waals surface area contributed by atoms with Crippen LogP contribution >= 0.6 is 12.4 Å². The Labute approximate surface area is 161 Å². The minimum Gasteiger partial charge on any atom is -0.483 e. The summed E-state index contributed by atoms with van der Waals surface area (Å²) in [4.78, 5) is 26.3. The molecule has 0 aliphatic carbocycles. The smallest absolute Gasteiger partial charge is 0.260 e. The molecule has 1 aromatic rings. The van der Waals surface area contributed by atoms with Crippen LogP contribution in [0, 0.1) is 13.8 Å². The number of piperidine rings is 1. The van der Waals surface area contributed by atoms with Crippen molar-refractivity contribution in [2.24, 2.45) is 5.73 Å². The first-order chi connectivity index (χ1) is 12.0. The Balaban J connectivity index is 0.00000338. The average molecular weight is 384 g/mol. The Morgan fingerprint density at radius 2 is 1.77 bits per heavy atom. The van der Waals surface area contributed by atoms with Crippen molar-refractivity contribution in [2.45, 2.75) is 39.5 Å². The van der Waals surface area contributed by atoms with E-state index in [0.717, 1.165) is 43.5 Å². The Kier molecular flexibility index (Phi) is 9.44. The molecule has 2 amide bonds. The molecule has 6 nitrogen and oxygen atoms in total. The summed E-state index contributed by atoms with van der Waals surface area (Å²) in [7, 11) is 0. The third-order valence-corrected chi connectivity index (χ3v) is 4.44. The van der Waals surface area contributed by atoms with Crippen LogP contribution < -0.4 is 15.8 Å². The molecular formula is C19H30ClN3O3. The number of amides is 2. The lowest BCUT2D eigenvalue weighted by molar-refractivity contribution is -0.134. The number of nitrogens with two attached hydrogens (primary N) is 1. The SMILES string of the molecule is Cc1cc(C(=O)NCCCN)cc(C)c1OCC(=O)N1CCCCC1.Cl. The first kappa shape index (κ1) is 22.3. The van der Waals surface area contributed by atoms with Gasteiger partial charge in [0, 0.05) is 25.2 Å². The van der Waals surface area contributed by atoms with Gasteiger partial charge >= 0.3 is 0 Å². The Hall–Kier alpha value is -1.79. The minimum absolute atomic E-state index is 0. The van der Waals surface area contributed by atoms with E-state index in [1.165, 1.54) is 6.42 Å². The molecule has 1 saturated heterocycles.